The van der Waals surface area contributed by atoms with E-state index >= 15 is 0 Å². The molecular weight excluding hydrogens is 304 g/mol. The van der Waals surface area contributed by atoms with E-state index in [1.54, 1.807) is 0 Å². The highest BCUT2D eigenvalue weighted by Gasteiger charge is 2.35. The van der Waals surface area contributed by atoms with Crippen LogP contribution < -0.4 is 0 Å². The van der Waals surface area contributed by atoms with Crippen LogP contribution in [0.3, 0.4) is 0 Å². The quantitative estimate of drug-likeness (QED) is 0.937. The Hall–Kier alpha value is -1.86. The maximum absolute atomic E-state index is 14.1. The van der Waals surface area contributed by atoms with E-state index in [0.717, 1.165) is 25.0 Å². The molecule has 7 heteroatoms. The first-order valence-corrected chi connectivity index (χ1v) is 7.79. The van der Waals surface area contributed by atoms with Crippen molar-refractivity contribution in [1.82, 2.24) is 15.0 Å². The molecule has 23 heavy (non-hydrogen) atoms. The van der Waals surface area contributed by atoms with E-state index < -0.39 is 23.8 Å². The van der Waals surface area contributed by atoms with Gasteiger partial charge >= 0.3 is 0 Å². The van der Waals surface area contributed by atoms with Crippen LogP contribution in [0.5, 0.6) is 0 Å². The molecule has 2 aromatic rings. The Labute approximate surface area is 131 Å². The minimum absolute atomic E-state index is 0.257. The van der Waals surface area contributed by atoms with Crippen molar-refractivity contribution in [3.8, 4) is 0 Å². The number of hydrogen-bond acceptors (Lipinski definition) is 5. The van der Waals surface area contributed by atoms with Crippen LogP contribution in [0.25, 0.3) is 0 Å². The molecule has 2 heterocycles. The summed E-state index contributed by atoms with van der Waals surface area (Å²) in [6, 6.07) is 3.00. The lowest BCUT2D eigenvalue weighted by Gasteiger charge is -2.23. The Morgan fingerprint density at radius 3 is 2.91 bits per heavy atom. The number of hydrogen-bond donors (Lipinski definition) is 1. The average molecular weight is 321 g/mol. The molecule has 1 aromatic heterocycles. The molecule has 0 spiro atoms. The van der Waals surface area contributed by atoms with E-state index in [1.807, 2.05) is 4.90 Å². The number of β-amino-alcohol motifs (C(OH)–C–C–N with tert-alkyl or cyclic N) is 1. The van der Waals surface area contributed by atoms with Gasteiger partial charge in [0.1, 0.15) is 11.6 Å². The summed E-state index contributed by atoms with van der Waals surface area (Å²) in [5.41, 5.74) is 0.257. The Morgan fingerprint density at radius 1 is 1.30 bits per heavy atom. The van der Waals surface area contributed by atoms with Gasteiger partial charge in [-0.2, -0.15) is 4.98 Å². The molecule has 1 aliphatic carbocycles. The SMILES string of the molecule is O[C@@H]1C[C@@H](c2cc(F)ccc2F)N(Cc2noc(C3CC3)n2)C1. The first kappa shape index (κ1) is 14.7. The number of aromatic nitrogens is 2. The number of nitrogens with zero attached hydrogens (tertiary/aromatic N) is 3. The van der Waals surface area contributed by atoms with Gasteiger partial charge in [-0.25, -0.2) is 8.78 Å². The van der Waals surface area contributed by atoms with Gasteiger partial charge in [-0.05, 0) is 37.5 Å². The molecule has 1 aliphatic heterocycles. The molecule has 2 aliphatic rings. The fraction of sp³-hybridized carbons (Fsp3) is 0.500. The third-order valence-corrected chi connectivity index (χ3v) is 4.45. The van der Waals surface area contributed by atoms with Crippen LogP contribution >= 0.6 is 0 Å². The van der Waals surface area contributed by atoms with Crippen LogP contribution in [0.1, 0.15) is 48.5 Å². The van der Waals surface area contributed by atoms with Gasteiger partial charge in [-0.15, -0.1) is 0 Å². The van der Waals surface area contributed by atoms with Crippen molar-refractivity contribution in [1.29, 1.82) is 0 Å². The van der Waals surface area contributed by atoms with Gasteiger partial charge in [-0.1, -0.05) is 5.16 Å². The Morgan fingerprint density at radius 2 is 2.13 bits per heavy atom. The summed E-state index contributed by atoms with van der Waals surface area (Å²) in [5.74, 6) is 0.577. The average Bonchev–Trinajstić information content (AvgIpc) is 3.16. The van der Waals surface area contributed by atoms with E-state index in [4.69, 9.17) is 4.52 Å². The van der Waals surface area contributed by atoms with Gasteiger partial charge in [0.05, 0.1) is 12.6 Å². The first-order chi connectivity index (χ1) is 11.1. The lowest BCUT2D eigenvalue weighted by atomic mass is 10.0. The van der Waals surface area contributed by atoms with Crippen LogP contribution in [0, 0.1) is 11.6 Å². The molecule has 0 radical (unpaired) electrons. The predicted molar refractivity (Wildman–Crippen MR) is 76.4 cm³/mol. The molecule has 1 N–H and O–H groups in total. The molecule has 1 saturated heterocycles. The largest absolute Gasteiger partial charge is 0.392 e. The molecule has 122 valence electrons. The first-order valence-electron chi connectivity index (χ1n) is 7.79. The monoisotopic (exact) mass is 321 g/mol. The normalized spacial score (nSPS) is 25.2. The van der Waals surface area contributed by atoms with Gasteiger partial charge in [-0.3, -0.25) is 4.90 Å². The molecule has 5 nitrogen and oxygen atoms in total. The van der Waals surface area contributed by atoms with Crippen LogP contribution in [0.4, 0.5) is 8.78 Å². The Bertz CT molecular complexity index is 717. The Balaban J connectivity index is 1.56. The van der Waals surface area contributed by atoms with Crippen molar-refractivity contribution in [3.63, 3.8) is 0 Å². The van der Waals surface area contributed by atoms with Gasteiger partial charge < -0.3 is 9.63 Å². The number of aliphatic hydroxyl groups is 1. The second-order valence-electron chi connectivity index (χ2n) is 6.32. The molecule has 1 saturated carbocycles. The second kappa shape index (κ2) is 5.65. The van der Waals surface area contributed by atoms with Gasteiger partial charge in [0.2, 0.25) is 5.89 Å². The van der Waals surface area contributed by atoms with E-state index in [9.17, 15) is 13.9 Å². The molecule has 4 rings (SSSR count). The fourth-order valence-electron chi connectivity index (χ4n) is 3.16. The van der Waals surface area contributed by atoms with Crippen molar-refractivity contribution in [2.24, 2.45) is 0 Å². The van der Waals surface area contributed by atoms with Crippen molar-refractivity contribution in [3.05, 3.63) is 47.1 Å². The summed E-state index contributed by atoms with van der Waals surface area (Å²) in [7, 11) is 0. The van der Waals surface area contributed by atoms with Gasteiger partial charge in [0.15, 0.2) is 5.82 Å². The molecule has 0 bridgehead atoms. The number of benzene rings is 1. The van der Waals surface area contributed by atoms with Crippen LogP contribution in [-0.2, 0) is 6.54 Å². The highest BCUT2D eigenvalue weighted by molar-refractivity contribution is 5.24. The van der Waals surface area contributed by atoms with Crippen LogP contribution in [0.2, 0.25) is 0 Å². The van der Waals surface area contributed by atoms with Crippen molar-refractivity contribution < 1.29 is 18.4 Å². The van der Waals surface area contributed by atoms with E-state index in [1.165, 1.54) is 6.07 Å². The number of aliphatic hydroxyl groups excluding tert-OH is 1. The molecular formula is C16H17F2N3O2. The number of likely N-dealkylation sites (tertiary alicyclic amines) is 1. The van der Waals surface area contributed by atoms with Crippen molar-refractivity contribution >= 4 is 0 Å². The van der Waals surface area contributed by atoms with Crippen LogP contribution in [0.15, 0.2) is 22.7 Å². The lowest BCUT2D eigenvalue weighted by Crippen LogP contribution is -2.25. The van der Waals surface area contributed by atoms with E-state index in [0.29, 0.717) is 37.1 Å². The van der Waals surface area contributed by atoms with E-state index in [2.05, 4.69) is 10.1 Å². The number of rotatable bonds is 4. The predicted octanol–water partition coefficient (Wildman–Crippen LogP) is 2.53. The Kier molecular flexibility index (Phi) is 3.61. The third kappa shape index (κ3) is 2.98. The second-order valence-corrected chi connectivity index (χ2v) is 6.32. The topological polar surface area (TPSA) is 62.4 Å². The number of halogens is 2. The summed E-state index contributed by atoms with van der Waals surface area (Å²) in [4.78, 5) is 6.23. The molecule has 1 aromatic carbocycles. The maximum Gasteiger partial charge on any atom is 0.229 e. The summed E-state index contributed by atoms with van der Waals surface area (Å²) < 4.78 is 32.7. The summed E-state index contributed by atoms with van der Waals surface area (Å²) in [6.45, 7) is 0.710. The highest BCUT2D eigenvalue weighted by Crippen LogP contribution is 2.39. The molecule has 0 amide bonds. The summed E-state index contributed by atoms with van der Waals surface area (Å²) in [5, 5.41) is 13.9. The van der Waals surface area contributed by atoms with Crippen molar-refractivity contribution in [2.75, 3.05) is 6.54 Å². The highest BCUT2D eigenvalue weighted by atomic mass is 19.1. The fourth-order valence-corrected chi connectivity index (χ4v) is 3.16. The van der Waals surface area contributed by atoms with Crippen molar-refractivity contribution in [2.45, 2.75) is 43.9 Å². The van der Waals surface area contributed by atoms with Gasteiger partial charge in [0.25, 0.3) is 0 Å². The zero-order valence-corrected chi connectivity index (χ0v) is 12.5. The zero-order chi connectivity index (χ0) is 16.0. The summed E-state index contributed by atoms with van der Waals surface area (Å²) >= 11 is 0. The summed E-state index contributed by atoms with van der Waals surface area (Å²) in [6.07, 6.45) is 1.91. The lowest BCUT2D eigenvalue weighted by molar-refractivity contribution is 0.170. The minimum Gasteiger partial charge on any atom is -0.392 e. The standard InChI is InChI=1S/C16H17F2N3O2/c17-10-3-4-13(18)12(5-10)14-6-11(22)7-21(14)8-15-19-16(23-20-15)9-1-2-9/h3-5,9,11,14,22H,1-2,6-8H2/t11-,14+/m1/s1. The van der Waals surface area contributed by atoms with Crippen LogP contribution in [-0.4, -0.2) is 32.8 Å². The molecule has 2 fully saturated rings. The third-order valence-electron chi connectivity index (χ3n) is 4.45. The maximum atomic E-state index is 14.1. The van der Waals surface area contributed by atoms with E-state index in [-0.39, 0.29) is 5.56 Å². The molecule has 0 unspecified atom stereocenters. The zero-order valence-electron chi connectivity index (χ0n) is 12.5. The smallest absolute Gasteiger partial charge is 0.229 e. The molecule has 2 atom stereocenters. The van der Waals surface area contributed by atoms with Gasteiger partial charge in [0, 0.05) is 24.1 Å². The minimum atomic E-state index is -0.586.